The summed E-state index contributed by atoms with van der Waals surface area (Å²) in [5.41, 5.74) is 0.935. The minimum atomic E-state index is -4.73. The first-order chi connectivity index (χ1) is 28.6. The van der Waals surface area contributed by atoms with E-state index >= 15 is 8.42 Å². The van der Waals surface area contributed by atoms with Gasteiger partial charge >= 0.3 is 11.9 Å². The van der Waals surface area contributed by atoms with Crippen molar-refractivity contribution in [1.82, 2.24) is 0 Å². The van der Waals surface area contributed by atoms with Gasteiger partial charge in [0.25, 0.3) is 0 Å². The second kappa shape index (κ2) is 22.2. The maximum Gasteiger partial charge on any atom is 0.333 e. The third kappa shape index (κ3) is 11.4. The Balaban J connectivity index is 2.13. The Bertz CT molecular complexity index is 2380. The molecule has 0 spiro atoms. The van der Waals surface area contributed by atoms with Gasteiger partial charge in [-0.25, -0.2) is 18.0 Å². The van der Waals surface area contributed by atoms with Crippen molar-refractivity contribution in [3.63, 3.8) is 0 Å². The van der Waals surface area contributed by atoms with Crippen LogP contribution >= 0.6 is 127 Å². The number of halogens is 8. The van der Waals surface area contributed by atoms with Gasteiger partial charge in [-0.05, 0) is 179 Å². The van der Waals surface area contributed by atoms with E-state index in [1.165, 1.54) is 38.1 Å². The van der Waals surface area contributed by atoms with Crippen LogP contribution in [-0.2, 0) is 28.9 Å². The first kappa shape index (κ1) is 51.5. The molecule has 12 nitrogen and oxygen atoms in total. The molecule has 4 aromatic carbocycles. The molecule has 4 rings (SSSR count). The maximum atomic E-state index is 15.7. The fourth-order valence-electron chi connectivity index (χ4n) is 5.39. The number of phenolic OH excluding ortho intramolecular Hbond substituents is 2. The van der Waals surface area contributed by atoms with Crippen molar-refractivity contribution in [2.24, 2.45) is 0 Å². The van der Waals surface area contributed by atoms with Gasteiger partial charge in [0.05, 0.1) is 49.8 Å². The van der Waals surface area contributed by atoms with Crippen molar-refractivity contribution >= 4 is 149 Å². The van der Waals surface area contributed by atoms with Crippen molar-refractivity contribution in [2.45, 2.75) is 37.5 Å². The summed E-state index contributed by atoms with van der Waals surface area (Å²) in [6, 6.07) is 5.71. The monoisotopic (exact) mass is 1370 g/mol. The highest BCUT2D eigenvalue weighted by atomic mass is 79.9. The van der Waals surface area contributed by atoms with E-state index in [2.05, 4.69) is 141 Å². The van der Waals surface area contributed by atoms with Gasteiger partial charge in [0.1, 0.15) is 69.9 Å². The Hall–Kier alpha value is -2.11. The van der Waals surface area contributed by atoms with Crippen molar-refractivity contribution < 1.29 is 56.6 Å². The third-order valence-electron chi connectivity index (χ3n) is 8.10. The molecule has 0 aliphatic carbocycles. The molecule has 328 valence electrons. The number of phenols is 2. The van der Waals surface area contributed by atoms with E-state index in [4.69, 9.17) is 28.4 Å². The highest BCUT2D eigenvalue weighted by Crippen LogP contribution is 2.56. The average molecular weight is 1380 g/mol. The number of sulfone groups is 1. The average Bonchev–Trinajstić information content (AvgIpc) is 3.19. The molecule has 0 heterocycles. The summed E-state index contributed by atoms with van der Waals surface area (Å²) in [7, 11) is -4.73. The second-order valence-electron chi connectivity index (χ2n) is 12.4. The van der Waals surface area contributed by atoms with E-state index < -0.39 is 21.8 Å². The van der Waals surface area contributed by atoms with Crippen molar-refractivity contribution in [2.75, 3.05) is 39.6 Å². The Kier molecular flexibility index (Phi) is 18.7. The molecule has 0 amide bonds. The number of hydrogen-bond acceptors (Lipinski definition) is 12. The third-order valence-corrected chi connectivity index (χ3v) is 15.3. The molecule has 0 saturated heterocycles. The molecule has 2 N–H and O–H groups in total. The Morgan fingerprint density at radius 1 is 0.541 bits per heavy atom. The van der Waals surface area contributed by atoms with Crippen LogP contribution in [0.2, 0.25) is 0 Å². The zero-order valence-electron chi connectivity index (χ0n) is 32.4. The lowest BCUT2D eigenvalue weighted by Gasteiger charge is -2.24. The molecule has 61 heavy (non-hydrogen) atoms. The largest absolute Gasteiger partial charge is 0.505 e. The quantitative estimate of drug-likeness (QED) is 0.0551. The van der Waals surface area contributed by atoms with Crippen LogP contribution in [0.5, 0.6) is 34.5 Å². The minimum absolute atomic E-state index is 0.0536. The number of carbonyl (C=O) groups excluding carboxylic acids is 2. The lowest BCUT2D eigenvalue weighted by Crippen LogP contribution is -2.14. The molecule has 0 radical (unpaired) electrons. The summed E-state index contributed by atoms with van der Waals surface area (Å²) >= 11 is 27.9. The maximum absolute atomic E-state index is 15.7. The van der Waals surface area contributed by atoms with Crippen LogP contribution < -0.4 is 18.9 Å². The van der Waals surface area contributed by atoms with Crippen molar-refractivity contribution in [3.8, 4) is 56.8 Å². The van der Waals surface area contributed by atoms with Gasteiger partial charge in [-0.2, -0.15) is 0 Å². The van der Waals surface area contributed by atoms with E-state index in [1.54, 1.807) is 13.8 Å². The van der Waals surface area contributed by atoms with Crippen LogP contribution in [0.25, 0.3) is 22.3 Å². The molecular weight excluding hydrogens is 1340 g/mol. The van der Waals surface area contributed by atoms with Crippen molar-refractivity contribution in [1.29, 1.82) is 0 Å². The van der Waals surface area contributed by atoms with Gasteiger partial charge in [-0.3, -0.25) is 0 Å². The Morgan fingerprint density at radius 2 is 0.885 bits per heavy atom. The van der Waals surface area contributed by atoms with E-state index in [9.17, 15) is 19.8 Å². The molecule has 0 aromatic heterocycles. The van der Waals surface area contributed by atoms with Crippen LogP contribution in [0.4, 0.5) is 0 Å². The standard InChI is InChI=1S/C40H34Br8O12S/c1-7-55-35-19(13-21(41)33(49)31(35)47)27-25(15-23(43)37(29(27)45)57-9-11-59-39(51)17(3)4)61(53,54)26-16-24(44)38(58-10-12-60-40(52)18(5)6)30(46)28(26)20-14-22(42)34(50)32(48)36(20)56-8-2/h13-16,49-50H,3,5,7-12H2,1-2,4,6H3. The normalized spacial score (nSPS) is 11.2. The predicted octanol–water partition coefficient (Wildman–Crippen LogP) is 13.2. The van der Waals surface area contributed by atoms with Gasteiger partial charge in [0, 0.05) is 33.4 Å². The van der Waals surface area contributed by atoms with Crippen LogP contribution in [-0.4, -0.2) is 70.2 Å². The number of hydrogen-bond donors (Lipinski definition) is 2. The Labute approximate surface area is 419 Å². The van der Waals surface area contributed by atoms with E-state index in [0.29, 0.717) is 0 Å². The van der Waals surface area contributed by atoms with Crippen LogP contribution in [0.3, 0.4) is 0 Å². The molecule has 0 aliphatic heterocycles. The smallest absolute Gasteiger partial charge is 0.333 e. The van der Waals surface area contributed by atoms with Gasteiger partial charge < -0.3 is 38.6 Å². The summed E-state index contributed by atoms with van der Waals surface area (Å²) in [5.74, 6) is -1.13. The van der Waals surface area contributed by atoms with Crippen LogP contribution in [0, 0.1) is 0 Å². The minimum Gasteiger partial charge on any atom is -0.505 e. The number of carbonyl (C=O) groups is 2. The summed E-state index contributed by atoms with van der Waals surface area (Å²) in [4.78, 5) is 23.6. The number of esters is 2. The van der Waals surface area contributed by atoms with E-state index in [0.717, 1.165) is 0 Å². The molecule has 0 atom stereocenters. The molecule has 0 unspecified atom stereocenters. The number of ether oxygens (including phenoxy) is 6. The van der Waals surface area contributed by atoms with Crippen LogP contribution in [0.15, 0.2) is 94.1 Å². The zero-order chi connectivity index (χ0) is 45.7. The summed E-state index contributed by atoms with van der Waals surface area (Å²) < 4.78 is 67.5. The zero-order valence-corrected chi connectivity index (χ0v) is 45.9. The topological polar surface area (TPSA) is 164 Å². The molecule has 0 fully saturated rings. The summed E-state index contributed by atoms with van der Waals surface area (Å²) in [6.07, 6.45) is 0. The number of benzene rings is 4. The second-order valence-corrected chi connectivity index (χ2v) is 20.9. The van der Waals surface area contributed by atoms with E-state index in [-0.39, 0.29) is 153 Å². The highest BCUT2D eigenvalue weighted by molar-refractivity contribution is 9.12. The molecule has 0 saturated carbocycles. The fourth-order valence-corrected chi connectivity index (χ4v) is 13.3. The molecule has 0 aliphatic rings. The molecule has 4 aromatic rings. The number of aromatic hydroxyl groups is 2. The summed E-state index contributed by atoms with van der Waals surface area (Å²) in [6.45, 7) is 13.3. The van der Waals surface area contributed by atoms with E-state index in [1.807, 2.05) is 0 Å². The van der Waals surface area contributed by atoms with Gasteiger partial charge in [0.15, 0.2) is 0 Å². The fraction of sp³-hybridized carbons (Fsp3) is 0.250. The number of rotatable bonds is 18. The van der Waals surface area contributed by atoms with Crippen molar-refractivity contribution in [3.05, 3.63) is 84.4 Å². The first-order valence-corrected chi connectivity index (χ1v) is 25.3. The highest BCUT2D eigenvalue weighted by Gasteiger charge is 2.36. The lowest BCUT2D eigenvalue weighted by molar-refractivity contribution is -0.140. The van der Waals surface area contributed by atoms with Crippen LogP contribution in [0.1, 0.15) is 27.7 Å². The molecule has 0 bridgehead atoms. The van der Waals surface area contributed by atoms with Gasteiger partial charge in [-0.15, -0.1) is 0 Å². The predicted molar refractivity (Wildman–Crippen MR) is 259 cm³/mol. The lowest BCUT2D eigenvalue weighted by atomic mass is 10.0. The SMILES string of the molecule is C=C(C)C(=O)OCCOc1c(Br)cc(S(=O)(=O)c2cc(Br)c(OCCOC(=O)C(=C)C)c(Br)c2-c2cc(Br)c(O)c(Br)c2OCC)c(-c2cc(Br)c(O)c(Br)c2OCC)c1Br. The van der Waals surface area contributed by atoms with Gasteiger partial charge in [0.2, 0.25) is 9.84 Å². The Morgan fingerprint density at radius 3 is 1.20 bits per heavy atom. The first-order valence-electron chi connectivity index (χ1n) is 17.5. The van der Waals surface area contributed by atoms with Gasteiger partial charge in [-0.1, -0.05) is 13.2 Å². The molecule has 21 heteroatoms. The molecular formula is C40H34Br8O12S. The summed E-state index contributed by atoms with van der Waals surface area (Å²) in [5, 5.41) is 21.9.